The molecule has 1 aromatic heterocycles. The van der Waals surface area contributed by atoms with Crippen LogP contribution in [0, 0.1) is 5.92 Å². The molecule has 72 valence electrons. The van der Waals surface area contributed by atoms with Crippen molar-refractivity contribution in [2.75, 3.05) is 13.1 Å². The highest BCUT2D eigenvalue weighted by atomic mass is 16.3. The topological polar surface area (TPSA) is 75.9 Å². The molecule has 6 heteroatoms. The smallest absolute Gasteiger partial charge is 0.175 e. The average molecular weight is 183 g/mol. The Kier molecular flexibility index (Phi) is 2.24. The van der Waals surface area contributed by atoms with Gasteiger partial charge in [-0.15, -0.1) is 10.2 Å². The fourth-order valence-corrected chi connectivity index (χ4v) is 1.57. The van der Waals surface area contributed by atoms with Crippen molar-refractivity contribution in [2.24, 2.45) is 13.0 Å². The molecule has 1 aromatic rings. The molecule has 0 saturated carbocycles. The molecule has 2 rings (SSSR count). The highest BCUT2D eigenvalue weighted by molar-refractivity contribution is 4.89. The molecule has 1 fully saturated rings. The molecule has 0 bridgehead atoms. The third kappa shape index (κ3) is 1.84. The van der Waals surface area contributed by atoms with Gasteiger partial charge in [-0.25, -0.2) is 0 Å². The Bertz CT molecular complexity index is 286. The molecule has 1 saturated heterocycles. The molecule has 2 heterocycles. The van der Waals surface area contributed by atoms with Crippen molar-refractivity contribution >= 4 is 0 Å². The molecule has 0 aromatic carbocycles. The Balaban J connectivity index is 1.97. The van der Waals surface area contributed by atoms with Crippen molar-refractivity contribution in [2.45, 2.75) is 12.5 Å². The number of hydrogen-bond acceptors (Lipinski definition) is 5. The van der Waals surface area contributed by atoms with Gasteiger partial charge >= 0.3 is 0 Å². The zero-order valence-electron chi connectivity index (χ0n) is 7.51. The highest BCUT2D eigenvalue weighted by Gasteiger charge is 2.26. The van der Waals surface area contributed by atoms with Crippen molar-refractivity contribution in [1.82, 2.24) is 25.5 Å². The number of aromatic nitrogens is 4. The molecule has 1 aliphatic rings. The number of tetrazole rings is 1. The maximum absolute atomic E-state index is 9.51. The zero-order chi connectivity index (χ0) is 9.26. The minimum absolute atomic E-state index is 0.226. The van der Waals surface area contributed by atoms with E-state index in [2.05, 4.69) is 20.7 Å². The van der Waals surface area contributed by atoms with Gasteiger partial charge in [-0.05, 0) is 5.21 Å². The quantitative estimate of drug-likeness (QED) is 0.573. The van der Waals surface area contributed by atoms with Gasteiger partial charge in [0.2, 0.25) is 0 Å². The van der Waals surface area contributed by atoms with Crippen molar-refractivity contribution in [3.63, 3.8) is 0 Å². The maximum atomic E-state index is 9.51. The Morgan fingerprint density at radius 3 is 3.00 bits per heavy atom. The van der Waals surface area contributed by atoms with Crippen molar-refractivity contribution in [1.29, 1.82) is 0 Å². The van der Waals surface area contributed by atoms with E-state index in [0.29, 0.717) is 18.8 Å². The van der Waals surface area contributed by atoms with Crippen LogP contribution in [-0.4, -0.2) is 44.5 Å². The van der Waals surface area contributed by atoms with Crippen LogP contribution in [0.2, 0.25) is 0 Å². The molecule has 2 atom stereocenters. The normalized spacial score (nSPS) is 28.2. The Morgan fingerprint density at radius 2 is 2.46 bits per heavy atom. The van der Waals surface area contributed by atoms with Crippen LogP contribution in [0.3, 0.4) is 0 Å². The third-order valence-corrected chi connectivity index (χ3v) is 2.30. The number of β-amino-alcohol motifs (C(OH)–C–C–N with tert-alkyl or cyclic N) is 1. The van der Waals surface area contributed by atoms with Gasteiger partial charge in [-0.1, -0.05) is 0 Å². The largest absolute Gasteiger partial charge is 0.391 e. The summed E-state index contributed by atoms with van der Waals surface area (Å²) in [6.07, 6.45) is 0.422. The van der Waals surface area contributed by atoms with Gasteiger partial charge in [-0.3, -0.25) is 0 Å². The van der Waals surface area contributed by atoms with E-state index in [0.717, 1.165) is 6.54 Å². The molecular formula is C7H13N5O. The first-order valence-electron chi connectivity index (χ1n) is 4.37. The summed E-state index contributed by atoms with van der Waals surface area (Å²) in [5.41, 5.74) is 0. The first kappa shape index (κ1) is 8.58. The van der Waals surface area contributed by atoms with E-state index in [9.17, 15) is 5.11 Å². The molecule has 1 aliphatic heterocycles. The Morgan fingerprint density at radius 1 is 1.62 bits per heavy atom. The third-order valence-electron chi connectivity index (χ3n) is 2.30. The molecule has 0 aliphatic carbocycles. The van der Waals surface area contributed by atoms with E-state index in [1.807, 2.05) is 0 Å². The summed E-state index contributed by atoms with van der Waals surface area (Å²) in [4.78, 5) is 1.43. The minimum Gasteiger partial charge on any atom is -0.391 e. The molecule has 6 nitrogen and oxygen atoms in total. The molecule has 0 amide bonds. The van der Waals surface area contributed by atoms with E-state index in [1.54, 1.807) is 7.05 Å². The lowest BCUT2D eigenvalue weighted by molar-refractivity contribution is 0.146. The lowest BCUT2D eigenvalue weighted by Crippen LogP contribution is -2.20. The lowest BCUT2D eigenvalue weighted by Gasteiger charge is -2.09. The summed E-state index contributed by atoms with van der Waals surface area (Å²) in [5, 5.41) is 24.3. The summed E-state index contributed by atoms with van der Waals surface area (Å²) in [7, 11) is 1.74. The average Bonchev–Trinajstić information content (AvgIpc) is 2.64. The predicted molar refractivity (Wildman–Crippen MR) is 44.9 cm³/mol. The van der Waals surface area contributed by atoms with Crippen LogP contribution in [0.15, 0.2) is 0 Å². The second-order valence-corrected chi connectivity index (χ2v) is 3.38. The number of hydrogen-bond donors (Lipinski definition) is 2. The van der Waals surface area contributed by atoms with Crippen LogP contribution in [0.5, 0.6) is 0 Å². The number of aliphatic hydroxyl groups is 1. The van der Waals surface area contributed by atoms with E-state index in [1.165, 1.54) is 4.80 Å². The van der Waals surface area contributed by atoms with Crippen LogP contribution >= 0.6 is 0 Å². The number of nitrogens with zero attached hydrogens (tertiary/aromatic N) is 4. The first-order valence-corrected chi connectivity index (χ1v) is 4.37. The summed E-state index contributed by atoms with van der Waals surface area (Å²) in [6.45, 7) is 1.50. The standard InChI is InChI=1S/C7H13N5O/c1-12-10-7(9-11-12)2-5-3-8-4-6(5)13/h5-6,8,13H,2-4H2,1H3. The summed E-state index contributed by atoms with van der Waals surface area (Å²) in [5.74, 6) is 0.930. The number of aryl methyl sites for hydroxylation is 1. The lowest BCUT2D eigenvalue weighted by atomic mass is 10.0. The summed E-state index contributed by atoms with van der Waals surface area (Å²) < 4.78 is 0. The van der Waals surface area contributed by atoms with Crippen molar-refractivity contribution in [3.8, 4) is 0 Å². The molecule has 13 heavy (non-hydrogen) atoms. The van der Waals surface area contributed by atoms with E-state index < -0.39 is 0 Å². The molecule has 2 unspecified atom stereocenters. The highest BCUT2D eigenvalue weighted by Crippen LogP contribution is 2.12. The molecule has 0 radical (unpaired) electrons. The second-order valence-electron chi connectivity index (χ2n) is 3.38. The fraction of sp³-hybridized carbons (Fsp3) is 0.857. The van der Waals surface area contributed by atoms with Gasteiger partial charge in [0, 0.05) is 25.4 Å². The molecular weight excluding hydrogens is 170 g/mol. The van der Waals surface area contributed by atoms with Crippen LogP contribution < -0.4 is 5.32 Å². The van der Waals surface area contributed by atoms with Crippen LogP contribution in [0.4, 0.5) is 0 Å². The minimum atomic E-state index is -0.274. The zero-order valence-corrected chi connectivity index (χ0v) is 7.51. The summed E-state index contributed by atoms with van der Waals surface area (Å²) in [6, 6.07) is 0. The second kappa shape index (κ2) is 3.39. The monoisotopic (exact) mass is 183 g/mol. The maximum Gasteiger partial charge on any atom is 0.175 e. The Labute approximate surface area is 75.9 Å². The molecule has 2 N–H and O–H groups in total. The number of aliphatic hydroxyl groups excluding tert-OH is 1. The SMILES string of the molecule is Cn1nnc(CC2CNCC2O)n1. The van der Waals surface area contributed by atoms with Crippen molar-refractivity contribution < 1.29 is 5.11 Å². The predicted octanol–water partition coefficient (Wildman–Crippen LogP) is -1.67. The summed E-state index contributed by atoms with van der Waals surface area (Å²) >= 11 is 0. The van der Waals surface area contributed by atoms with Gasteiger partial charge in [0.25, 0.3) is 0 Å². The van der Waals surface area contributed by atoms with E-state index in [4.69, 9.17) is 0 Å². The van der Waals surface area contributed by atoms with Crippen LogP contribution in [0.25, 0.3) is 0 Å². The number of rotatable bonds is 2. The van der Waals surface area contributed by atoms with E-state index in [-0.39, 0.29) is 12.0 Å². The van der Waals surface area contributed by atoms with Crippen LogP contribution in [-0.2, 0) is 13.5 Å². The van der Waals surface area contributed by atoms with Gasteiger partial charge in [0.05, 0.1) is 13.2 Å². The fourth-order valence-electron chi connectivity index (χ4n) is 1.57. The van der Waals surface area contributed by atoms with E-state index >= 15 is 0 Å². The molecule has 0 spiro atoms. The van der Waals surface area contributed by atoms with Gasteiger partial charge in [-0.2, -0.15) is 4.80 Å². The first-order chi connectivity index (χ1) is 6.25. The number of nitrogens with one attached hydrogen (secondary N) is 1. The Hall–Kier alpha value is -1.01. The van der Waals surface area contributed by atoms with Gasteiger partial charge in [0.15, 0.2) is 5.82 Å². The van der Waals surface area contributed by atoms with Gasteiger partial charge in [0.1, 0.15) is 0 Å². The van der Waals surface area contributed by atoms with Crippen molar-refractivity contribution in [3.05, 3.63) is 5.82 Å². The van der Waals surface area contributed by atoms with Crippen LogP contribution in [0.1, 0.15) is 5.82 Å². The van der Waals surface area contributed by atoms with Gasteiger partial charge < -0.3 is 10.4 Å².